The molecule has 1 unspecified atom stereocenters. The lowest BCUT2D eigenvalue weighted by molar-refractivity contribution is 0.670. The quantitative estimate of drug-likeness (QED) is 0.842. The van der Waals surface area contributed by atoms with Gasteiger partial charge in [-0.1, -0.05) is 34.1 Å². The zero-order valence-electron chi connectivity index (χ0n) is 8.61. The second-order valence-corrected chi connectivity index (χ2v) is 5.71. The maximum atomic E-state index is 4.63. The lowest BCUT2D eigenvalue weighted by Crippen LogP contribution is -2.24. The highest BCUT2D eigenvalue weighted by molar-refractivity contribution is 9.10. The molecule has 3 rings (SSSR count). The first-order valence-electron chi connectivity index (χ1n) is 5.33. The third-order valence-corrected chi connectivity index (χ3v) is 4.07. The number of nitrogens with one attached hydrogen (secondary N) is 2. The van der Waals surface area contributed by atoms with Gasteiger partial charge in [0.2, 0.25) is 0 Å². The fraction of sp³-hybridized carbons (Fsp3) is 0.364. The van der Waals surface area contributed by atoms with Gasteiger partial charge in [-0.25, -0.2) is 4.99 Å². The van der Waals surface area contributed by atoms with Crippen molar-refractivity contribution in [2.45, 2.75) is 24.4 Å². The summed E-state index contributed by atoms with van der Waals surface area (Å²) in [7, 11) is 0. The number of aliphatic imine (C=N–C) groups is 1. The lowest BCUT2D eigenvalue weighted by Gasteiger charge is -2.04. The summed E-state index contributed by atoms with van der Waals surface area (Å²) in [6.07, 6.45) is 2.58. The average molecular weight is 298 g/mol. The number of hydrogen-bond donors (Lipinski definition) is 2. The van der Waals surface area contributed by atoms with Gasteiger partial charge in [0, 0.05) is 16.1 Å². The van der Waals surface area contributed by atoms with Crippen LogP contribution in [0, 0.1) is 0 Å². The minimum absolute atomic E-state index is 0.162. The van der Waals surface area contributed by atoms with Gasteiger partial charge in [0.1, 0.15) is 5.84 Å². The molecule has 2 N–H and O–H groups in total. The molecule has 2 aliphatic rings. The van der Waals surface area contributed by atoms with Crippen LogP contribution in [-0.4, -0.2) is 17.4 Å². The zero-order valence-corrected chi connectivity index (χ0v) is 11.0. The van der Waals surface area contributed by atoms with E-state index in [4.69, 9.17) is 0 Å². The van der Waals surface area contributed by atoms with E-state index in [1.807, 2.05) is 18.2 Å². The van der Waals surface area contributed by atoms with E-state index < -0.39 is 0 Å². The first-order valence-corrected chi connectivity index (χ1v) is 7.00. The molecule has 1 heterocycles. The van der Waals surface area contributed by atoms with Crippen LogP contribution in [0.2, 0.25) is 0 Å². The van der Waals surface area contributed by atoms with Gasteiger partial charge in [0.05, 0.1) is 0 Å². The predicted molar refractivity (Wildman–Crippen MR) is 71.4 cm³/mol. The summed E-state index contributed by atoms with van der Waals surface area (Å²) >= 11 is 5.18. The van der Waals surface area contributed by atoms with Crippen LogP contribution < -0.4 is 10.0 Å². The molecule has 0 bridgehead atoms. The maximum Gasteiger partial charge on any atom is 0.168 e. The van der Waals surface area contributed by atoms with E-state index in [1.54, 1.807) is 11.9 Å². The highest BCUT2D eigenvalue weighted by Gasteiger charge is 2.28. The molecular weight excluding hydrogens is 286 g/mol. The van der Waals surface area contributed by atoms with Crippen LogP contribution in [0.1, 0.15) is 18.4 Å². The maximum absolute atomic E-state index is 4.63. The molecule has 1 fully saturated rings. The van der Waals surface area contributed by atoms with Crippen molar-refractivity contribution in [2.24, 2.45) is 4.99 Å². The van der Waals surface area contributed by atoms with E-state index >= 15 is 0 Å². The SMILES string of the molecule is Brc1ccccc1C1=NC(NC2CC2)SN1. The second kappa shape index (κ2) is 4.39. The van der Waals surface area contributed by atoms with Crippen molar-refractivity contribution >= 4 is 33.7 Å². The Bertz CT molecular complexity index is 431. The molecule has 0 amide bonds. The topological polar surface area (TPSA) is 36.4 Å². The Balaban J connectivity index is 1.77. The molecule has 1 atom stereocenters. The van der Waals surface area contributed by atoms with Gasteiger partial charge in [-0.05, 0) is 30.9 Å². The highest BCUT2D eigenvalue weighted by atomic mass is 79.9. The number of rotatable bonds is 3. The summed E-state index contributed by atoms with van der Waals surface area (Å²) in [5.41, 5.74) is 1.28. The Morgan fingerprint density at radius 1 is 1.38 bits per heavy atom. The van der Waals surface area contributed by atoms with Gasteiger partial charge in [-0.2, -0.15) is 0 Å². The van der Waals surface area contributed by atoms with E-state index in [-0.39, 0.29) is 5.50 Å². The number of nitrogens with zero attached hydrogens (tertiary/aromatic N) is 1. The third kappa shape index (κ3) is 2.26. The van der Waals surface area contributed by atoms with Crippen LogP contribution in [0.5, 0.6) is 0 Å². The number of hydrogen-bond acceptors (Lipinski definition) is 4. The minimum atomic E-state index is 0.162. The fourth-order valence-corrected chi connectivity index (χ4v) is 2.86. The van der Waals surface area contributed by atoms with Crippen LogP contribution in [0.15, 0.2) is 33.7 Å². The Morgan fingerprint density at radius 2 is 2.19 bits per heavy atom. The molecule has 0 spiro atoms. The molecule has 0 aromatic heterocycles. The number of halogens is 1. The average Bonchev–Trinajstić information content (AvgIpc) is 2.97. The van der Waals surface area contributed by atoms with Crippen molar-refractivity contribution in [3.63, 3.8) is 0 Å². The fourth-order valence-electron chi connectivity index (χ4n) is 1.58. The molecule has 16 heavy (non-hydrogen) atoms. The van der Waals surface area contributed by atoms with Crippen LogP contribution in [-0.2, 0) is 0 Å². The molecule has 1 aromatic rings. The van der Waals surface area contributed by atoms with E-state index in [2.05, 4.69) is 37.0 Å². The molecule has 1 saturated carbocycles. The van der Waals surface area contributed by atoms with Crippen molar-refractivity contribution < 1.29 is 0 Å². The smallest absolute Gasteiger partial charge is 0.168 e. The Morgan fingerprint density at radius 3 is 2.94 bits per heavy atom. The summed E-state index contributed by atoms with van der Waals surface area (Å²) < 4.78 is 4.35. The standard InChI is InChI=1S/C11H12BrN3S/c12-9-4-2-1-3-8(9)10-14-11(16-15-10)13-7-5-6-7/h1-4,7,11,13H,5-6H2,(H,14,15). The Kier molecular flexibility index (Phi) is 2.91. The van der Waals surface area contributed by atoms with Crippen LogP contribution in [0.3, 0.4) is 0 Å². The van der Waals surface area contributed by atoms with Gasteiger partial charge < -0.3 is 4.72 Å². The molecule has 1 aliphatic heterocycles. The van der Waals surface area contributed by atoms with Crippen molar-refractivity contribution in [1.29, 1.82) is 0 Å². The van der Waals surface area contributed by atoms with Crippen LogP contribution in [0.4, 0.5) is 0 Å². The summed E-state index contributed by atoms with van der Waals surface area (Å²) in [5.74, 6) is 0.954. The number of amidine groups is 1. The van der Waals surface area contributed by atoms with Gasteiger partial charge in [0.15, 0.2) is 5.50 Å². The molecular formula is C11H12BrN3S. The number of benzene rings is 1. The molecule has 1 aromatic carbocycles. The van der Waals surface area contributed by atoms with Crippen molar-refractivity contribution in [3.05, 3.63) is 34.3 Å². The zero-order chi connectivity index (χ0) is 11.0. The molecule has 3 nitrogen and oxygen atoms in total. The lowest BCUT2D eigenvalue weighted by atomic mass is 10.2. The molecule has 5 heteroatoms. The third-order valence-electron chi connectivity index (χ3n) is 2.60. The van der Waals surface area contributed by atoms with E-state index in [1.165, 1.54) is 12.8 Å². The van der Waals surface area contributed by atoms with Crippen LogP contribution in [0.25, 0.3) is 0 Å². The monoisotopic (exact) mass is 297 g/mol. The largest absolute Gasteiger partial charge is 0.311 e. The molecule has 1 aliphatic carbocycles. The van der Waals surface area contributed by atoms with Gasteiger partial charge >= 0.3 is 0 Å². The van der Waals surface area contributed by atoms with Crippen molar-refractivity contribution in [3.8, 4) is 0 Å². The van der Waals surface area contributed by atoms with Gasteiger partial charge in [-0.3, -0.25) is 5.32 Å². The normalized spacial score (nSPS) is 24.1. The summed E-state index contributed by atoms with van der Waals surface area (Å²) in [6, 6.07) is 8.82. The van der Waals surface area contributed by atoms with Crippen molar-refractivity contribution in [2.75, 3.05) is 0 Å². The first-order chi connectivity index (χ1) is 7.83. The van der Waals surface area contributed by atoms with Gasteiger partial charge in [-0.15, -0.1) is 0 Å². The Hall–Kier alpha value is -0.520. The summed E-state index contributed by atoms with van der Waals surface area (Å²) in [6.45, 7) is 0. The molecule has 84 valence electrons. The summed E-state index contributed by atoms with van der Waals surface area (Å²) in [5, 5.41) is 3.47. The summed E-state index contributed by atoms with van der Waals surface area (Å²) in [4.78, 5) is 4.63. The van der Waals surface area contributed by atoms with E-state index in [9.17, 15) is 0 Å². The molecule has 0 saturated heterocycles. The highest BCUT2D eigenvalue weighted by Crippen LogP contribution is 2.26. The predicted octanol–water partition coefficient (Wildman–Crippen LogP) is 2.48. The Labute approximate surface area is 107 Å². The molecule has 0 radical (unpaired) electrons. The second-order valence-electron chi connectivity index (χ2n) is 3.97. The minimum Gasteiger partial charge on any atom is -0.311 e. The van der Waals surface area contributed by atoms with Crippen LogP contribution >= 0.6 is 27.9 Å². The van der Waals surface area contributed by atoms with Crippen molar-refractivity contribution in [1.82, 2.24) is 10.0 Å². The van der Waals surface area contributed by atoms with E-state index in [0.717, 1.165) is 15.9 Å². The van der Waals surface area contributed by atoms with Gasteiger partial charge in [0.25, 0.3) is 0 Å². The van der Waals surface area contributed by atoms with E-state index in [0.29, 0.717) is 6.04 Å². The first kappa shape index (κ1) is 10.6.